The van der Waals surface area contributed by atoms with Crippen molar-refractivity contribution in [2.45, 2.75) is 31.3 Å². The van der Waals surface area contributed by atoms with Gasteiger partial charge in [0.1, 0.15) is 0 Å². The standard InChI is InChI=1S/C15H20N4O3/c1-8(10-7-11(10)9-5-3-2-4-6-9)18-15(22)19-12(13(16)20)14(17)21/h2-6,8,10-12H,7H2,1H3,(H2,16,20)(H2,17,21)(H2,18,19,22)/t8-,10+,11+/m0/s1. The average molecular weight is 304 g/mol. The summed E-state index contributed by atoms with van der Waals surface area (Å²) < 4.78 is 0. The van der Waals surface area contributed by atoms with Gasteiger partial charge in [0, 0.05) is 6.04 Å². The van der Waals surface area contributed by atoms with E-state index in [4.69, 9.17) is 11.5 Å². The van der Waals surface area contributed by atoms with Crippen molar-refractivity contribution in [2.75, 3.05) is 0 Å². The monoisotopic (exact) mass is 304 g/mol. The number of hydrogen-bond donors (Lipinski definition) is 4. The summed E-state index contributed by atoms with van der Waals surface area (Å²) in [5.74, 6) is -1.22. The molecule has 1 aromatic rings. The quantitative estimate of drug-likeness (QED) is 0.544. The second-order valence-electron chi connectivity index (χ2n) is 5.56. The number of urea groups is 1. The predicted octanol–water partition coefficient (Wildman–Crippen LogP) is -0.183. The summed E-state index contributed by atoms with van der Waals surface area (Å²) in [6.45, 7) is 1.89. The van der Waals surface area contributed by atoms with Crippen molar-refractivity contribution in [1.29, 1.82) is 0 Å². The molecule has 0 heterocycles. The molecule has 0 aromatic heterocycles. The first-order valence-electron chi connectivity index (χ1n) is 7.10. The molecule has 7 heteroatoms. The van der Waals surface area contributed by atoms with E-state index in [1.807, 2.05) is 25.1 Å². The fourth-order valence-electron chi connectivity index (χ4n) is 2.62. The third-order valence-corrected chi connectivity index (χ3v) is 3.91. The number of nitrogens with two attached hydrogens (primary N) is 2. The van der Waals surface area contributed by atoms with Gasteiger partial charge in [0.15, 0.2) is 6.04 Å². The van der Waals surface area contributed by atoms with Crippen LogP contribution in [0.2, 0.25) is 0 Å². The molecule has 0 spiro atoms. The van der Waals surface area contributed by atoms with E-state index in [1.54, 1.807) is 0 Å². The molecule has 1 aliphatic carbocycles. The number of carbonyl (C=O) groups excluding carboxylic acids is 3. The van der Waals surface area contributed by atoms with Crippen LogP contribution in [0.3, 0.4) is 0 Å². The molecule has 7 nitrogen and oxygen atoms in total. The van der Waals surface area contributed by atoms with Gasteiger partial charge < -0.3 is 22.1 Å². The third-order valence-electron chi connectivity index (χ3n) is 3.91. The molecule has 0 bridgehead atoms. The van der Waals surface area contributed by atoms with Crippen LogP contribution in [0.4, 0.5) is 4.79 Å². The largest absolute Gasteiger partial charge is 0.367 e. The fourth-order valence-corrected chi connectivity index (χ4v) is 2.62. The lowest BCUT2D eigenvalue weighted by atomic mass is 10.1. The molecular formula is C15H20N4O3. The summed E-state index contributed by atoms with van der Waals surface area (Å²) in [4.78, 5) is 33.9. The zero-order chi connectivity index (χ0) is 16.3. The molecule has 22 heavy (non-hydrogen) atoms. The lowest BCUT2D eigenvalue weighted by Crippen LogP contribution is -2.56. The molecule has 4 amide bonds. The maximum absolute atomic E-state index is 11.8. The summed E-state index contributed by atoms with van der Waals surface area (Å²) in [6.07, 6.45) is 0.987. The highest BCUT2D eigenvalue weighted by Crippen LogP contribution is 2.49. The first-order valence-corrected chi connectivity index (χ1v) is 7.10. The van der Waals surface area contributed by atoms with Gasteiger partial charge in [0.25, 0.3) is 0 Å². The lowest BCUT2D eigenvalue weighted by Gasteiger charge is -2.17. The first kappa shape index (κ1) is 15.8. The van der Waals surface area contributed by atoms with E-state index in [9.17, 15) is 14.4 Å². The summed E-state index contributed by atoms with van der Waals surface area (Å²) in [5.41, 5.74) is 11.3. The summed E-state index contributed by atoms with van der Waals surface area (Å²) in [5, 5.41) is 4.90. The minimum absolute atomic E-state index is 0.0911. The van der Waals surface area contributed by atoms with E-state index in [0.29, 0.717) is 11.8 Å². The van der Waals surface area contributed by atoms with Crippen LogP contribution >= 0.6 is 0 Å². The van der Waals surface area contributed by atoms with Gasteiger partial charge in [-0.15, -0.1) is 0 Å². The maximum atomic E-state index is 11.8. The van der Waals surface area contributed by atoms with Crippen molar-refractivity contribution in [3.8, 4) is 0 Å². The molecule has 2 rings (SSSR count). The van der Waals surface area contributed by atoms with Crippen molar-refractivity contribution in [3.63, 3.8) is 0 Å². The Morgan fingerprint density at radius 2 is 1.68 bits per heavy atom. The van der Waals surface area contributed by atoms with E-state index in [0.717, 1.165) is 6.42 Å². The van der Waals surface area contributed by atoms with Gasteiger partial charge in [-0.2, -0.15) is 0 Å². The molecule has 3 atom stereocenters. The van der Waals surface area contributed by atoms with Crippen LogP contribution in [0.25, 0.3) is 0 Å². The first-order chi connectivity index (χ1) is 10.4. The Hall–Kier alpha value is -2.57. The van der Waals surface area contributed by atoms with Crippen molar-refractivity contribution in [3.05, 3.63) is 35.9 Å². The number of carbonyl (C=O) groups is 3. The molecule has 1 saturated carbocycles. The number of primary amides is 2. The van der Waals surface area contributed by atoms with Crippen molar-refractivity contribution >= 4 is 17.8 Å². The van der Waals surface area contributed by atoms with Crippen LogP contribution in [0.1, 0.15) is 24.8 Å². The van der Waals surface area contributed by atoms with Gasteiger partial charge in [0.05, 0.1) is 0 Å². The average Bonchev–Trinajstić information content (AvgIpc) is 3.25. The van der Waals surface area contributed by atoms with E-state index in [1.165, 1.54) is 5.56 Å². The summed E-state index contributed by atoms with van der Waals surface area (Å²) in [6, 6.07) is 7.84. The fraction of sp³-hybridized carbons (Fsp3) is 0.400. The highest BCUT2D eigenvalue weighted by Gasteiger charge is 2.42. The third kappa shape index (κ3) is 3.75. The summed E-state index contributed by atoms with van der Waals surface area (Å²) >= 11 is 0. The van der Waals surface area contributed by atoms with Crippen molar-refractivity contribution < 1.29 is 14.4 Å². The van der Waals surface area contributed by atoms with Gasteiger partial charge >= 0.3 is 6.03 Å². The number of rotatable bonds is 6. The molecule has 6 N–H and O–H groups in total. The van der Waals surface area contributed by atoms with Gasteiger partial charge in [-0.05, 0) is 30.7 Å². The van der Waals surface area contributed by atoms with Gasteiger partial charge in [0.2, 0.25) is 11.8 Å². The Morgan fingerprint density at radius 3 is 2.23 bits per heavy atom. The lowest BCUT2D eigenvalue weighted by molar-refractivity contribution is -0.128. The van der Waals surface area contributed by atoms with Crippen molar-refractivity contribution in [2.24, 2.45) is 17.4 Å². The minimum atomic E-state index is -1.50. The molecular weight excluding hydrogens is 284 g/mol. The number of nitrogens with one attached hydrogen (secondary N) is 2. The molecule has 1 aromatic carbocycles. The Morgan fingerprint density at radius 1 is 1.09 bits per heavy atom. The van der Waals surface area contributed by atoms with E-state index in [-0.39, 0.29) is 6.04 Å². The van der Waals surface area contributed by atoms with Gasteiger partial charge in [-0.3, -0.25) is 9.59 Å². The highest BCUT2D eigenvalue weighted by atomic mass is 16.2. The molecule has 1 fully saturated rings. The summed E-state index contributed by atoms with van der Waals surface area (Å²) in [7, 11) is 0. The zero-order valence-corrected chi connectivity index (χ0v) is 12.3. The van der Waals surface area contributed by atoms with Crippen LogP contribution in [0.5, 0.6) is 0 Å². The second-order valence-corrected chi connectivity index (χ2v) is 5.56. The van der Waals surface area contributed by atoms with E-state index >= 15 is 0 Å². The van der Waals surface area contributed by atoms with Crippen LogP contribution in [-0.2, 0) is 9.59 Å². The number of amides is 4. The molecule has 0 aliphatic heterocycles. The zero-order valence-electron chi connectivity index (χ0n) is 12.3. The molecule has 0 unspecified atom stereocenters. The minimum Gasteiger partial charge on any atom is -0.367 e. The molecule has 0 saturated heterocycles. The number of hydrogen-bond acceptors (Lipinski definition) is 3. The molecule has 1 aliphatic rings. The van der Waals surface area contributed by atoms with Gasteiger partial charge in [-0.1, -0.05) is 30.3 Å². The Labute approximate surface area is 128 Å². The van der Waals surface area contributed by atoms with E-state index < -0.39 is 23.9 Å². The molecule has 118 valence electrons. The van der Waals surface area contributed by atoms with Crippen LogP contribution in [-0.4, -0.2) is 29.9 Å². The SMILES string of the molecule is C[C@H](NC(=O)NC(C(N)=O)C(N)=O)[C@H]1C[C@@H]1c1ccccc1. The smallest absolute Gasteiger partial charge is 0.316 e. The van der Waals surface area contributed by atoms with E-state index in [2.05, 4.69) is 22.8 Å². The predicted molar refractivity (Wildman–Crippen MR) is 80.6 cm³/mol. The molecule has 0 radical (unpaired) electrons. The van der Waals surface area contributed by atoms with Crippen molar-refractivity contribution in [1.82, 2.24) is 10.6 Å². The normalized spacial score (nSPS) is 21.0. The topological polar surface area (TPSA) is 127 Å². The second kappa shape index (κ2) is 6.46. The Bertz CT molecular complexity index is 561. The van der Waals surface area contributed by atoms with Crippen LogP contribution in [0, 0.1) is 5.92 Å². The maximum Gasteiger partial charge on any atom is 0.316 e. The van der Waals surface area contributed by atoms with Crippen LogP contribution in [0.15, 0.2) is 30.3 Å². The highest BCUT2D eigenvalue weighted by molar-refractivity contribution is 6.05. The van der Waals surface area contributed by atoms with Gasteiger partial charge in [-0.25, -0.2) is 4.79 Å². The number of benzene rings is 1. The van der Waals surface area contributed by atoms with Crippen LogP contribution < -0.4 is 22.1 Å². The Kier molecular flexibility index (Phi) is 4.65. The Balaban J connectivity index is 1.85.